The van der Waals surface area contributed by atoms with Crippen LogP contribution in [0.25, 0.3) is 0 Å². The number of rotatable bonds is 4. The van der Waals surface area contributed by atoms with Crippen molar-refractivity contribution in [3.63, 3.8) is 0 Å². The summed E-state index contributed by atoms with van der Waals surface area (Å²) >= 11 is 0. The lowest BCUT2D eigenvalue weighted by molar-refractivity contribution is 0.150. The van der Waals surface area contributed by atoms with E-state index in [2.05, 4.69) is 16.7 Å². The summed E-state index contributed by atoms with van der Waals surface area (Å²) in [5, 5.41) is 0. The van der Waals surface area contributed by atoms with Gasteiger partial charge in [-0.1, -0.05) is 6.92 Å². The zero-order chi connectivity index (χ0) is 9.80. The maximum Gasteiger partial charge on any atom is -0.000653 e. The molecule has 0 radical (unpaired) electrons. The first kappa shape index (κ1) is 10.4. The largest absolute Gasteiger partial charge is 0.303 e. The van der Waals surface area contributed by atoms with Crippen molar-refractivity contribution in [1.82, 2.24) is 9.80 Å². The fourth-order valence-electron chi connectivity index (χ4n) is 2.41. The Labute approximate surface area is 88.3 Å². The van der Waals surface area contributed by atoms with Crippen molar-refractivity contribution in [1.29, 1.82) is 0 Å². The fourth-order valence-corrected chi connectivity index (χ4v) is 2.41. The molecule has 0 aliphatic carbocycles. The van der Waals surface area contributed by atoms with Crippen LogP contribution in [-0.4, -0.2) is 49.1 Å². The van der Waals surface area contributed by atoms with Gasteiger partial charge in [-0.05, 0) is 70.9 Å². The second-order valence-corrected chi connectivity index (χ2v) is 5.07. The van der Waals surface area contributed by atoms with Gasteiger partial charge in [-0.2, -0.15) is 0 Å². The average molecular weight is 196 g/mol. The Morgan fingerprint density at radius 2 is 1.50 bits per heavy atom. The van der Waals surface area contributed by atoms with Crippen LogP contribution >= 0.6 is 0 Å². The van der Waals surface area contributed by atoms with Crippen molar-refractivity contribution in [2.24, 2.45) is 5.92 Å². The third kappa shape index (κ3) is 2.96. The molecule has 0 spiro atoms. The van der Waals surface area contributed by atoms with Gasteiger partial charge in [0.15, 0.2) is 0 Å². The van der Waals surface area contributed by atoms with E-state index in [1.807, 2.05) is 0 Å². The Balaban J connectivity index is 1.52. The summed E-state index contributed by atoms with van der Waals surface area (Å²) in [7, 11) is 0. The van der Waals surface area contributed by atoms with Crippen LogP contribution in [0.3, 0.4) is 0 Å². The van der Waals surface area contributed by atoms with E-state index in [4.69, 9.17) is 0 Å². The molecular weight excluding hydrogens is 172 g/mol. The lowest BCUT2D eigenvalue weighted by Gasteiger charge is -2.33. The number of likely N-dealkylation sites (tertiary alicyclic amines) is 2. The summed E-state index contributed by atoms with van der Waals surface area (Å²) in [5.74, 6) is 0.974. The van der Waals surface area contributed by atoms with Crippen molar-refractivity contribution in [2.45, 2.75) is 32.6 Å². The first-order valence-corrected chi connectivity index (χ1v) is 6.29. The first-order chi connectivity index (χ1) is 6.84. The molecule has 14 heavy (non-hydrogen) atoms. The van der Waals surface area contributed by atoms with Crippen LogP contribution in [0, 0.1) is 5.92 Å². The predicted molar refractivity (Wildman–Crippen MR) is 60.5 cm³/mol. The molecule has 0 bridgehead atoms. The molecule has 0 aromatic rings. The topological polar surface area (TPSA) is 6.48 Å². The summed E-state index contributed by atoms with van der Waals surface area (Å²) in [6.07, 6.45) is 5.66. The predicted octanol–water partition coefficient (Wildman–Crippen LogP) is 1.81. The molecule has 2 aliphatic rings. The quantitative estimate of drug-likeness (QED) is 0.676. The van der Waals surface area contributed by atoms with Gasteiger partial charge in [0.25, 0.3) is 0 Å². The molecular formula is C12H24N2. The Morgan fingerprint density at radius 1 is 0.929 bits per heavy atom. The molecule has 82 valence electrons. The van der Waals surface area contributed by atoms with Gasteiger partial charge >= 0.3 is 0 Å². The maximum absolute atomic E-state index is 2.65. The van der Waals surface area contributed by atoms with E-state index in [9.17, 15) is 0 Å². The van der Waals surface area contributed by atoms with Gasteiger partial charge in [0.1, 0.15) is 0 Å². The highest BCUT2D eigenvalue weighted by Gasteiger charge is 2.16. The fraction of sp³-hybridized carbons (Fsp3) is 1.00. The van der Waals surface area contributed by atoms with E-state index in [0.29, 0.717) is 0 Å². The maximum atomic E-state index is 2.65. The molecule has 0 saturated carbocycles. The molecule has 0 aromatic carbocycles. The number of hydrogen-bond acceptors (Lipinski definition) is 2. The summed E-state index contributed by atoms with van der Waals surface area (Å²) in [5.41, 5.74) is 0. The smallest absolute Gasteiger partial charge is 0.000653 e. The highest BCUT2D eigenvalue weighted by molar-refractivity contribution is 4.72. The van der Waals surface area contributed by atoms with Crippen LogP contribution in [-0.2, 0) is 0 Å². The minimum Gasteiger partial charge on any atom is -0.303 e. The Hall–Kier alpha value is -0.0800. The zero-order valence-corrected chi connectivity index (χ0v) is 9.54. The molecule has 2 nitrogen and oxygen atoms in total. The number of nitrogens with zero attached hydrogens (tertiary/aromatic N) is 2. The van der Waals surface area contributed by atoms with Crippen LogP contribution in [0.2, 0.25) is 0 Å². The lowest BCUT2D eigenvalue weighted by Crippen LogP contribution is -2.40. The Bertz CT molecular complexity index is 158. The summed E-state index contributed by atoms with van der Waals surface area (Å²) < 4.78 is 0. The first-order valence-electron chi connectivity index (χ1n) is 6.29. The van der Waals surface area contributed by atoms with Gasteiger partial charge in [0, 0.05) is 0 Å². The summed E-state index contributed by atoms with van der Waals surface area (Å²) in [6.45, 7) is 10.5. The third-order valence-electron chi connectivity index (χ3n) is 3.77. The van der Waals surface area contributed by atoms with Crippen molar-refractivity contribution in [2.75, 3.05) is 39.3 Å². The molecule has 2 heterocycles. The van der Waals surface area contributed by atoms with Crippen LogP contribution in [0.4, 0.5) is 0 Å². The van der Waals surface area contributed by atoms with Crippen LogP contribution in [0.1, 0.15) is 32.6 Å². The van der Waals surface area contributed by atoms with Gasteiger partial charge in [-0.15, -0.1) is 0 Å². The molecule has 0 atom stereocenters. The average Bonchev–Trinajstić information content (AvgIpc) is 2.12. The van der Waals surface area contributed by atoms with E-state index in [1.54, 1.807) is 0 Å². The van der Waals surface area contributed by atoms with E-state index in [-0.39, 0.29) is 0 Å². The third-order valence-corrected chi connectivity index (χ3v) is 3.77. The van der Waals surface area contributed by atoms with Crippen molar-refractivity contribution < 1.29 is 0 Å². The molecule has 2 rings (SSSR count). The van der Waals surface area contributed by atoms with Gasteiger partial charge < -0.3 is 9.80 Å². The lowest BCUT2D eigenvalue weighted by atomic mass is 9.99. The molecule has 0 amide bonds. The summed E-state index contributed by atoms with van der Waals surface area (Å²) in [6, 6.07) is 0. The van der Waals surface area contributed by atoms with E-state index in [0.717, 1.165) is 5.92 Å². The molecule has 0 aromatic heterocycles. The molecule has 2 aliphatic heterocycles. The second-order valence-electron chi connectivity index (χ2n) is 5.07. The summed E-state index contributed by atoms with van der Waals surface area (Å²) in [4.78, 5) is 5.23. The van der Waals surface area contributed by atoms with Gasteiger partial charge in [-0.3, -0.25) is 0 Å². The van der Waals surface area contributed by atoms with Crippen molar-refractivity contribution >= 4 is 0 Å². The van der Waals surface area contributed by atoms with Crippen LogP contribution < -0.4 is 0 Å². The minimum atomic E-state index is 0.974. The molecule has 2 heteroatoms. The molecule has 0 unspecified atom stereocenters. The highest BCUT2D eigenvalue weighted by Crippen LogP contribution is 2.16. The van der Waals surface area contributed by atoms with Gasteiger partial charge in [0.05, 0.1) is 0 Å². The Kier molecular flexibility index (Phi) is 3.82. The molecule has 0 N–H and O–H groups in total. The zero-order valence-electron chi connectivity index (χ0n) is 9.54. The van der Waals surface area contributed by atoms with E-state index < -0.39 is 0 Å². The van der Waals surface area contributed by atoms with E-state index >= 15 is 0 Å². The van der Waals surface area contributed by atoms with Gasteiger partial charge in [-0.25, -0.2) is 0 Å². The van der Waals surface area contributed by atoms with Crippen molar-refractivity contribution in [3.05, 3.63) is 0 Å². The Morgan fingerprint density at radius 3 is 2.00 bits per heavy atom. The highest BCUT2D eigenvalue weighted by atomic mass is 15.2. The number of piperidine rings is 1. The van der Waals surface area contributed by atoms with Crippen LogP contribution in [0.15, 0.2) is 0 Å². The van der Waals surface area contributed by atoms with Crippen LogP contribution in [0.5, 0.6) is 0 Å². The minimum absolute atomic E-state index is 0.974. The van der Waals surface area contributed by atoms with Crippen molar-refractivity contribution in [3.8, 4) is 0 Å². The monoisotopic (exact) mass is 196 g/mol. The van der Waals surface area contributed by atoms with Gasteiger partial charge in [0.2, 0.25) is 0 Å². The standard InChI is InChI=1S/C12H24N2/c1-12-4-10-14(11-5-12)9-3-8-13-6-2-7-13/h12H,2-11H2,1H3. The molecule has 2 fully saturated rings. The number of hydrogen-bond donors (Lipinski definition) is 0. The second kappa shape index (κ2) is 5.13. The molecule has 2 saturated heterocycles. The van der Waals surface area contributed by atoms with E-state index in [1.165, 1.54) is 65.0 Å². The SMILES string of the molecule is CC1CCN(CCCN2CCC2)CC1. The normalized spacial score (nSPS) is 26.4.